The Morgan fingerprint density at radius 1 is 1.02 bits per heavy atom. The molecule has 1 unspecified atom stereocenters. The number of likely N-dealkylation sites (tertiary alicyclic amines) is 2. The summed E-state index contributed by atoms with van der Waals surface area (Å²) in [7, 11) is 3.35. The second-order valence-electron chi connectivity index (χ2n) is 15.7. The second kappa shape index (κ2) is 11.8. The van der Waals surface area contributed by atoms with Gasteiger partial charge in [0.2, 0.25) is 5.91 Å². The maximum atomic E-state index is 15.6. The molecule has 2 saturated heterocycles. The first kappa shape index (κ1) is 33.5. The highest BCUT2D eigenvalue weighted by molar-refractivity contribution is 5.89. The Bertz CT molecular complexity index is 1230. The minimum absolute atomic E-state index is 0.0349. The maximum absolute atomic E-state index is 15.6. The van der Waals surface area contributed by atoms with Crippen LogP contribution in [0.15, 0.2) is 18.2 Å². The molecule has 1 aromatic carbocycles. The zero-order chi connectivity index (χ0) is 32.1. The smallest absolute Gasteiger partial charge is 0.326 e. The minimum atomic E-state index is -1.28. The highest BCUT2D eigenvalue weighted by Gasteiger charge is 2.63. The molecule has 3 amide bonds. The number of amides is 3. The van der Waals surface area contributed by atoms with E-state index >= 15 is 9.18 Å². The van der Waals surface area contributed by atoms with E-state index in [1.807, 2.05) is 25.7 Å². The van der Waals surface area contributed by atoms with Crippen molar-refractivity contribution >= 4 is 17.7 Å². The van der Waals surface area contributed by atoms with E-state index in [4.69, 9.17) is 0 Å². The summed E-state index contributed by atoms with van der Waals surface area (Å²) in [6.45, 7) is 15.3. The van der Waals surface area contributed by atoms with Crippen LogP contribution in [-0.4, -0.2) is 89.4 Å². The molecule has 0 spiro atoms. The van der Waals surface area contributed by atoms with Gasteiger partial charge in [-0.15, -0.1) is 0 Å². The van der Waals surface area contributed by atoms with E-state index in [-0.39, 0.29) is 58.5 Å². The van der Waals surface area contributed by atoms with E-state index in [1.165, 1.54) is 12.1 Å². The van der Waals surface area contributed by atoms with Gasteiger partial charge in [-0.05, 0) is 64.9 Å². The topological polar surface area (TPSA) is 69.7 Å². The van der Waals surface area contributed by atoms with Gasteiger partial charge in [-0.3, -0.25) is 19.0 Å². The number of hydrogen-bond donors (Lipinski definition) is 1. The summed E-state index contributed by atoms with van der Waals surface area (Å²) < 4.78 is 29.5. The number of likely N-dealkylation sites (N-methyl/N-ethyl adjacent to an activating group) is 2. The first-order chi connectivity index (χ1) is 19.8. The third kappa shape index (κ3) is 6.26. The fourth-order valence-corrected chi connectivity index (χ4v) is 7.88. The zero-order valence-corrected chi connectivity index (χ0v) is 27.7. The van der Waals surface area contributed by atoms with Crippen molar-refractivity contribution in [1.29, 1.82) is 0 Å². The van der Waals surface area contributed by atoms with Gasteiger partial charge in [-0.25, -0.2) is 13.6 Å². The summed E-state index contributed by atoms with van der Waals surface area (Å²) in [5.41, 5.74) is -2.01. The summed E-state index contributed by atoms with van der Waals surface area (Å²) >= 11 is 0. The minimum Gasteiger partial charge on any atom is -0.354 e. The summed E-state index contributed by atoms with van der Waals surface area (Å²) in [5, 5.41) is 2.77. The molecule has 1 aromatic rings. The molecule has 1 saturated carbocycles. The van der Waals surface area contributed by atoms with Crippen LogP contribution in [0.5, 0.6) is 0 Å². The van der Waals surface area contributed by atoms with Gasteiger partial charge in [0.1, 0.15) is 23.6 Å². The molecule has 2 heterocycles. The molecule has 4 rings (SSSR count). The summed E-state index contributed by atoms with van der Waals surface area (Å²) in [5.74, 6) is -1.32. The Morgan fingerprint density at radius 3 is 2.16 bits per heavy atom. The monoisotopic (exact) mass is 603 g/mol. The van der Waals surface area contributed by atoms with Crippen LogP contribution in [0, 0.1) is 23.0 Å². The number of rotatable bonds is 5. The molecule has 4 atom stereocenters. The Hall–Kier alpha value is -2.39. The van der Waals surface area contributed by atoms with Gasteiger partial charge >= 0.3 is 5.91 Å². The molecular weight excluding hydrogens is 550 g/mol. The Labute approximate surface area is 256 Å². The van der Waals surface area contributed by atoms with E-state index in [2.05, 4.69) is 37.9 Å². The molecule has 0 bridgehead atoms. The molecule has 3 fully saturated rings. The molecule has 9 heteroatoms. The third-order valence-corrected chi connectivity index (χ3v) is 10.5. The van der Waals surface area contributed by atoms with Crippen molar-refractivity contribution in [3.63, 3.8) is 0 Å². The predicted octanol–water partition coefficient (Wildman–Crippen LogP) is 5.02. The highest BCUT2D eigenvalue weighted by Crippen LogP contribution is 2.45. The Kier molecular flexibility index (Phi) is 9.23. The molecule has 1 N–H and O–H groups in total. The van der Waals surface area contributed by atoms with Gasteiger partial charge in [-0.1, -0.05) is 33.8 Å². The van der Waals surface area contributed by atoms with E-state index in [0.717, 1.165) is 31.7 Å². The quantitative estimate of drug-likeness (QED) is 0.480. The lowest BCUT2D eigenvalue weighted by atomic mass is 9.76. The number of nitrogens with zero attached hydrogens (tertiary/aromatic N) is 3. The van der Waals surface area contributed by atoms with Crippen LogP contribution in [0.1, 0.15) is 92.6 Å². The van der Waals surface area contributed by atoms with Crippen molar-refractivity contribution in [2.45, 2.75) is 116 Å². The van der Waals surface area contributed by atoms with Gasteiger partial charge in [0.25, 0.3) is 5.91 Å². The summed E-state index contributed by atoms with van der Waals surface area (Å²) in [6, 6.07) is 2.44. The van der Waals surface area contributed by atoms with Crippen LogP contribution in [0.2, 0.25) is 0 Å². The molecule has 43 heavy (non-hydrogen) atoms. The van der Waals surface area contributed by atoms with Crippen LogP contribution in [0.3, 0.4) is 0 Å². The van der Waals surface area contributed by atoms with Gasteiger partial charge in [-0.2, -0.15) is 0 Å². The lowest BCUT2D eigenvalue weighted by molar-refractivity contribution is -0.840. The molecule has 3 aliphatic rings. The van der Waals surface area contributed by atoms with Crippen molar-refractivity contribution in [2.75, 3.05) is 33.7 Å². The zero-order valence-electron chi connectivity index (χ0n) is 27.7. The number of hydrogen-bond acceptors (Lipinski definition) is 4. The van der Waals surface area contributed by atoms with Gasteiger partial charge in [0.15, 0.2) is 6.04 Å². The van der Waals surface area contributed by atoms with Gasteiger partial charge in [0, 0.05) is 55.2 Å². The molecule has 0 radical (unpaired) electrons. The lowest BCUT2D eigenvalue weighted by Gasteiger charge is -2.43. The second-order valence-corrected chi connectivity index (χ2v) is 15.7. The van der Waals surface area contributed by atoms with Crippen molar-refractivity contribution < 1.29 is 27.6 Å². The summed E-state index contributed by atoms with van der Waals surface area (Å²) in [4.78, 5) is 47.0. The van der Waals surface area contributed by atoms with Crippen molar-refractivity contribution in [3.05, 3.63) is 35.4 Å². The van der Waals surface area contributed by atoms with Crippen LogP contribution in [0.4, 0.5) is 8.78 Å². The SMILES string of the molecule is CNC(=O)[C@@H]1C[C@@H](N(C(=O)C(C)(C)C)[C@H]2CC[C@@H](C)CC2)C[N+]1(C)C(=O)[C@]1(c2ccc(F)cc2F)CCN(C(C)(C)C)C1. The molecule has 240 valence electrons. The number of nitrogens with one attached hydrogen (secondary N) is 1. The van der Waals surface area contributed by atoms with E-state index in [1.54, 1.807) is 14.1 Å². The number of benzene rings is 1. The van der Waals surface area contributed by atoms with Gasteiger partial charge in [0.05, 0.1) is 13.1 Å². The highest BCUT2D eigenvalue weighted by atomic mass is 19.1. The van der Waals surface area contributed by atoms with E-state index in [9.17, 15) is 14.0 Å². The molecule has 2 aliphatic heterocycles. The Balaban J connectivity index is 1.81. The summed E-state index contributed by atoms with van der Waals surface area (Å²) in [6.07, 6.45) is 4.56. The number of quaternary nitrogens is 1. The molecule has 0 aromatic heterocycles. The van der Waals surface area contributed by atoms with E-state index < -0.39 is 28.5 Å². The van der Waals surface area contributed by atoms with Crippen molar-refractivity contribution in [2.24, 2.45) is 11.3 Å². The Morgan fingerprint density at radius 2 is 1.65 bits per heavy atom. The average molecular weight is 604 g/mol. The van der Waals surface area contributed by atoms with Crippen molar-refractivity contribution in [1.82, 2.24) is 15.1 Å². The number of carbonyl (C=O) groups excluding carboxylic acids is 3. The van der Waals surface area contributed by atoms with Crippen LogP contribution < -0.4 is 5.32 Å². The van der Waals surface area contributed by atoms with Crippen LogP contribution in [0.25, 0.3) is 0 Å². The van der Waals surface area contributed by atoms with Crippen LogP contribution in [-0.2, 0) is 19.8 Å². The van der Waals surface area contributed by atoms with E-state index in [0.29, 0.717) is 25.3 Å². The maximum Gasteiger partial charge on any atom is 0.326 e. The molecule has 1 aliphatic carbocycles. The standard InChI is InChI=1S/C34H52F2N4O3/c1-22-10-13-24(14-11-22)39(30(42)32(2,3)4)25-19-28(29(41)37-8)40(9,20-25)31(43)34(16-17-38(21-34)33(5,6)7)26-15-12-23(35)18-27(26)36/h12,15,18,22,24-25,28H,10-11,13-14,16-17,19-21H2,1-9H3/p+1/t22-,24+,25-,28+,34-,40?/m1/s1. The first-order valence-corrected chi connectivity index (χ1v) is 16.0. The normalized spacial score (nSPS) is 32.1. The third-order valence-electron chi connectivity index (χ3n) is 10.5. The number of halogens is 2. The fraction of sp³-hybridized carbons (Fsp3) is 0.735. The first-order valence-electron chi connectivity index (χ1n) is 16.0. The largest absolute Gasteiger partial charge is 0.354 e. The average Bonchev–Trinajstić information content (AvgIpc) is 3.52. The molecule has 7 nitrogen and oxygen atoms in total. The van der Waals surface area contributed by atoms with Crippen LogP contribution >= 0.6 is 0 Å². The van der Waals surface area contributed by atoms with Gasteiger partial charge < -0.3 is 10.2 Å². The molecular formula is C34H53F2N4O3+. The lowest BCUT2D eigenvalue weighted by Crippen LogP contribution is -2.65. The predicted molar refractivity (Wildman–Crippen MR) is 164 cm³/mol. The number of carbonyl (C=O) groups is 3. The van der Waals surface area contributed by atoms with Crippen molar-refractivity contribution in [3.8, 4) is 0 Å². The fourth-order valence-electron chi connectivity index (χ4n) is 7.88.